The van der Waals surface area contributed by atoms with E-state index in [9.17, 15) is 4.79 Å². The molecule has 140 valence electrons. The largest absolute Gasteiger partial charge is 0.495 e. The highest BCUT2D eigenvalue weighted by atomic mass is 35.5. The lowest BCUT2D eigenvalue weighted by atomic mass is 9.87. The maximum absolute atomic E-state index is 12.1. The molecular weight excluding hydrogens is 350 g/mol. The maximum Gasteiger partial charge on any atom is 0.224 e. The van der Waals surface area contributed by atoms with Gasteiger partial charge in [0.25, 0.3) is 0 Å². The summed E-state index contributed by atoms with van der Waals surface area (Å²) in [6.07, 6.45) is 0.978. The zero-order valence-corrected chi connectivity index (χ0v) is 16.5. The minimum Gasteiger partial charge on any atom is -0.495 e. The van der Waals surface area contributed by atoms with E-state index in [1.807, 2.05) is 12.1 Å². The highest BCUT2D eigenvalue weighted by Gasteiger charge is 2.13. The summed E-state index contributed by atoms with van der Waals surface area (Å²) >= 11 is 5.96. The van der Waals surface area contributed by atoms with Gasteiger partial charge in [-0.25, -0.2) is 0 Å². The van der Waals surface area contributed by atoms with Crippen LogP contribution in [0, 0.1) is 0 Å². The minimum absolute atomic E-state index is 0.0998. The quantitative estimate of drug-likeness (QED) is 0.655. The smallest absolute Gasteiger partial charge is 0.224 e. The van der Waals surface area contributed by atoms with E-state index in [-0.39, 0.29) is 11.3 Å². The second kappa shape index (κ2) is 8.95. The fourth-order valence-electron chi connectivity index (χ4n) is 2.46. The topological polar surface area (TPSA) is 47.6 Å². The molecule has 0 aromatic heterocycles. The van der Waals surface area contributed by atoms with Gasteiger partial charge in [-0.15, -0.1) is 0 Å². The van der Waals surface area contributed by atoms with E-state index < -0.39 is 0 Å². The fourth-order valence-corrected chi connectivity index (χ4v) is 2.64. The number of methoxy groups -OCH3 is 1. The molecule has 0 spiro atoms. The van der Waals surface area contributed by atoms with Crippen LogP contribution in [0.1, 0.15) is 39.2 Å². The standard InChI is InChI=1S/C21H26ClNO3/c1-21(2,3)15-7-10-17(11-8-15)26-13-5-6-20(24)23-18-14-16(22)9-12-19(18)25-4/h7-12,14H,5-6,13H2,1-4H3,(H,23,24). The molecule has 2 aromatic carbocycles. The van der Waals surface area contributed by atoms with E-state index in [0.29, 0.717) is 35.9 Å². The van der Waals surface area contributed by atoms with Crippen molar-refractivity contribution in [2.24, 2.45) is 0 Å². The zero-order chi connectivity index (χ0) is 19.2. The molecule has 2 aromatic rings. The Balaban J connectivity index is 1.78. The van der Waals surface area contributed by atoms with Gasteiger partial charge in [0.15, 0.2) is 0 Å². The molecule has 0 unspecified atom stereocenters. The first-order valence-electron chi connectivity index (χ1n) is 8.66. The molecule has 0 aliphatic rings. The zero-order valence-electron chi connectivity index (χ0n) is 15.8. The Hall–Kier alpha value is -2.20. The number of hydrogen-bond acceptors (Lipinski definition) is 3. The van der Waals surface area contributed by atoms with Crippen molar-refractivity contribution in [3.63, 3.8) is 0 Å². The van der Waals surface area contributed by atoms with Gasteiger partial charge in [-0.2, -0.15) is 0 Å². The molecule has 0 atom stereocenters. The van der Waals surface area contributed by atoms with Crippen LogP contribution in [0.3, 0.4) is 0 Å². The Morgan fingerprint density at radius 2 is 1.81 bits per heavy atom. The summed E-state index contributed by atoms with van der Waals surface area (Å²) < 4.78 is 10.9. The second-order valence-electron chi connectivity index (χ2n) is 7.12. The van der Waals surface area contributed by atoms with Gasteiger partial charge < -0.3 is 14.8 Å². The molecule has 4 nitrogen and oxygen atoms in total. The molecule has 2 rings (SSSR count). The molecule has 0 bridgehead atoms. The third kappa shape index (κ3) is 5.95. The average molecular weight is 376 g/mol. The summed E-state index contributed by atoms with van der Waals surface area (Å²) in [6, 6.07) is 13.2. The summed E-state index contributed by atoms with van der Waals surface area (Å²) in [7, 11) is 1.55. The number of benzene rings is 2. The second-order valence-corrected chi connectivity index (χ2v) is 7.56. The van der Waals surface area contributed by atoms with Gasteiger partial charge in [0.05, 0.1) is 19.4 Å². The van der Waals surface area contributed by atoms with Gasteiger partial charge in [0, 0.05) is 11.4 Å². The monoisotopic (exact) mass is 375 g/mol. The highest BCUT2D eigenvalue weighted by Crippen LogP contribution is 2.28. The molecule has 0 saturated carbocycles. The number of anilines is 1. The predicted molar refractivity (Wildman–Crippen MR) is 107 cm³/mol. The SMILES string of the molecule is COc1ccc(Cl)cc1NC(=O)CCCOc1ccc(C(C)(C)C)cc1. The van der Waals surface area contributed by atoms with Crippen LogP contribution in [0.2, 0.25) is 5.02 Å². The van der Waals surface area contributed by atoms with E-state index >= 15 is 0 Å². The number of amides is 1. The van der Waals surface area contributed by atoms with Crippen molar-refractivity contribution < 1.29 is 14.3 Å². The molecule has 0 saturated heterocycles. The minimum atomic E-state index is -0.0998. The van der Waals surface area contributed by atoms with Crippen LogP contribution < -0.4 is 14.8 Å². The number of hydrogen-bond donors (Lipinski definition) is 1. The summed E-state index contributed by atoms with van der Waals surface area (Å²) in [5, 5.41) is 3.37. The molecule has 0 radical (unpaired) electrons. The van der Waals surface area contributed by atoms with Crippen molar-refractivity contribution in [2.45, 2.75) is 39.0 Å². The molecule has 0 aliphatic heterocycles. The van der Waals surface area contributed by atoms with Crippen molar-refractivity contribution in [3.8, 4) is 11.5 Å². The van der Waals surface area contributed by atoms with Gasteiger partial charge >= 0.3 is 0 Å². The van der Waals surface area contributed by atoms with Crippen LogP contribution in [-0.2, 0) is 10.2 Å². The molecule has 5 heteroatoms. The Kier molecular flexibility index (Phi) is 6.92. The number of rotatable bonds is 7. The Labute approximate surface area is 160 Å². The lowest BCUT2D eigenvalue weighted by molar-refractivity contribution is -0.116. The van der Waals surface area contributed by atoms with E-state index in [4.69, 9.17) is 21.1 Å². The molecule has 1 N–H and O–H groups in total. The number of ether oxygens (including phenoxy) is 2. The average Bonchev–Trinajstić information content (AvgIpc) is 2.58. The van der Waals surface area contributed by atoms with Crippen LogP contribution >= 0.6 is 11.6 Å². The molecule has 0 aliphatic carbocycles. The first-order chi connectivity index (χ1) is 12.3. The van der Waals surface area contributed by atoms with Gasteiger partial charge in [-0.3, -0.25) is 4.79 Å². The number of carbonyl (C=O) groups excluding carboxylic acids is 1. The Morgan fingerprint density at radius 1 is 1.12 bits per heavy atom. The normalized spacial score (nSPS) is 11.1. The van der Waals surface area contributed by atoms with Crippen molar-refractivity contribution in [2.75, 3.05) is 19.0 Å². The number of halogens is 1. The van der Waals surface area contributed by atoms with Gasteiger partial charge in [-0.05, 0) is 47.7 Å². The van der Waals surface area contributed by atoms with Crippen molar-refractivity contribution in [1.29, 1.82) is 0 Å². The van der Waals surface area contributed by atoms with Gasteiger partial charge in [-0.1, -0.05) is 44.5 Å². The van der Waals surface area contributed by atoms with E-state index in [2.05, 4.69) is 38.2 Å². The Morgan fingerprint density at radius 3 is 2.42 bits per heavy atom. The van der Waals surface area contributed by atoms with Crippen LogP contribution in [-0.4, -0.2) is 19.6 Å². The predicted octanol–water partition coefficient (Wildman–Crippen LogP) is 5.44. The van der Waals surface area contributed by atoms with Crippen LogP contribution in [0.15, 0.2) is 42.5 Å². The number of carbonyl (C=O) groups is 1. The van der Waals surface area contributed by atoms with Crippen LogP contribution in [0.4, 0.5) is 5.69 Å². The van der Waals surface area contributed by atoms with Crippen LogP contribution in [0.5, 0.6) is 11.5 Å². The van der Waals surface area contributed by atoms with E-state index in [1.165, 1.54) is 5.56 Å². The van der Waals surface area contributed by atoms with Crippen LogP contribution in [0.25, 0.3) is 0 Å². The first-order valence-corrected chi connectivity index (χ1v) is 9.04. The summed E-state index contributed by atoms with van der Waals surface area (Å²) in [6.45, 7) is 7.01. The Bertz CT molecular complexity index is 736. The van der Waals surface area contributed by atoms with E-state index in [1.54, 1.807) is 25.3 Å². The summed E-state index contributed by atoms with van der Waals surface area (Å²) in [5.41, 5.74) is 1.96. The highest BCUT2D eigenvalue weighted by molar-refractivity contribution is 6.31. The number of nitrogens with one attached hydrogen (secondary N) is 1. The van der Waals surface area contributed by atoms with Gasteiger partial charge in [0.2, 0.25) is 5.91 Å². The van der Waals surface area contributed by atoms with E-state index in [0.717, 1.165) is 5.75 Å². The fraction of sp³-hybridized carbons (Fsp3) is 0.381. The molecule has 26 heavy (non-hydrogen) atoms. The van der Waals surface area contributed by atoms with Crippen molar-refractivity contribution in [1.82, 2.24) is 0 Å². The van der Waals surface area contributed by atoms with Gasteiger partial charge in [0.1, 0.15) is 11.5 Å². The third-order valence-corrected chi connectivity index (χ3v) is 4.21. The summed E-state index contributed by atoms with van der Waals surface area (Å²) in [5.74, 6) is 1.30. The summed E-state index contributed by atoms with van der Waals surface area (Å²) in [4.78, 5) is 12.1. The van der Waals surface area contributed by atoms with Crippen molar-refractivity contribution in [3.05, 3.63) is 53.1 Å². The molecule has 0 heterocycles. The maximum atomic E-state index is 12.1. The third-order valence-electron chi connectivity index (χ3n) is 3.97. The van der Waals surface area contributed by atoms with Crippen molar-refractivity contribution >= 4 is 23.2 Å². The molecule has 1 amide bonds. The molecule has 0 fully saturated rings. The lowest BCUT2D eigenvalue weighted by Crippen LogP contribution is -2.13. The first kappa shape index (κ1) is 20.1. The molecular formula is C21H26ClNO3. The lowest BCUT2D eigenvalue weighted by Gasteiger charge is -2.19.